The van der Waals surface area contributed by atoms with Crippen molar-refractivity contribution in [2.24, 2.45) is 0 Å². The molecule has 1 heterocycles. The minimum Gasteiger partial charge on any atom is -0.366 e. The molecule has 0 radical (unpaired) electrons. The summed E-state index contributed by atoms with van der Waals surface area (Å²) in [4.78, 5) is 21.2. The lowest BCUT2D eigenvalue weighted by molar-refractivity contribution is 0.0951. The molecule has 1 amide bonds. The van der Waals surface area contributed by atoms with E-state index >= 15 is 0 Å². The van der Waals surface area contributed by atoms with Gasteiger partial charge in [0.25, 0.3) is 5.91 Å². The zero-order valence-electron chi connectivity index (χ0n) is 15.3. The zero-order chi connectivity index (χ0) is 18.6. The first-order chi connectivity index (χ1) is 13.2. The van der Waals surface area contributed by atoms with Gasteiger partial charge in [0.2, 0.25) is 0 Å². The van der Waals surface area contributed by atoms with E-state index in [1.54, 1.807) is 0 Å². The van der Waals surface area contributed by atoms with Crippen molar-refractivity contribution in [1.29, 1.82) is 0 Å². The third kappa shape index (κ3) is 4.31. The molecule has 2 aromatic carbocycles. The van der Waals surface area contributed by atoms with Gasteiger partial charge in [-0.15, -0.1) is 0 Å². The first kappa shape index (κ1) is 17.2. The lowest BCUT2D eigenvalue weighted by Gasteiger charge is -2.10. The molecule has 0 unspecified atom stereocenters. The maximum atomic E-state index is 12.1. The van der Waals surface area contributed by atoms with Crippen LogP contribution < -0.4 is 10.6 Å². The number of hydrogen-bond donors (Lipinski definition) is 2. The summed E-state index contributed by atoms with van der Waals surface area (Å²) in [7, 11) is 0. The normalized spacial score (nSPS) is 13.2. The molecule has 1 aromatic heterocycles. The van der Waals surface area contributed by atoms with Crippen molar-refractivity contribution < 1.29 is 4.79 Å². The fourth-order valence-corrected chi connectivity index (χ4v) is 2.81. The summed E-state index contributed by atoms with van der Waals surface area (Å²) in [5.41, 5.74) is 3.75. The van der Waals surface area contributed by atoms with Gasteiger partial charge in [-0.3, -0.25) is 4.79 Å². The Morgan fingerprint density at radius 3 is 2.52 bits per heavy atom. The molecule has 27 heavy (non-hydrogen) atoms. The van der Waals surface area contributed by atoms with E-state index in [1.165, 1.54) is 5.56 Å². The molecule has 2 N–H and O–H groups in total. The van der Waals surface area contributed by atoms with Crippen molar-refractivity contribution in [3.05, 3.63) is 77.5 Å². The van der Waals surface area contributed by atoms with Crippen molar-refractivity contribution in [3.63, 3.8) is 0 Å². The van der Waals surface area contributed by atoms with Crippen LogP contribution in [0.3, 0.4) is 0 Å². The third-order valence-corrected chi connectivity index (χ3v) is 4.59. The molecule has 0 atom stereocenters. The van der Waals surface area contributed by atoms with Gasteiger partial charge in [-0.25, -0.2) is 9.97 Å². The highest BCUT2D eigenvalue weighted by Gasteiger charge is 2.23. The Morgan fingerprint density at radius 1 is 1.07 bits per heavy atom. The van der Waals surface area contributed by atoms with E-state index in [9.17, 15) is 4.79 Å². The number of carbonyl (C=O) groups is 1. The summed E-state index contributed by atoms with van der Waals surface area (Å²) in [5, 5.41) is 6.38. The standard InChI is InChI=1S/C22H22N4O/c1-15-13-23-21(26-20(15)24-14-16-5-3-2-4-6-16)17-7-9-18(10-8-17)22(27)25-19-11-12-19/h2-10,13,19H,11-12,14H2,1H3,(H,25,27)(H,23,24,26). The van der Waals surface area contributed by atoms with Crippen LogP contribution in [-0.2, 0) is 6.54 Å². The summed E-state index contributed by atoms with van der Waals surface area (Å²) in [6, 6.07) is 18.0. The van der Waals surface area contributed by atoms with Crippen molar-refractivity contribution in [2.75, 3.05) is 5.32 Å². The van der Waals surface area contributed by atoms with Gasteiger partial charge in [0.05, 0.1) is 0 Å². The highest BCUT2D eigenvalue weighted by Crippen LogP contribution is 2.22. The Kier molecular flexibility index (Phi) is 4.83. The zero-order valence-corrected chi connectivity index (χ0v) is 15.3. The molecule has 1 fully saturated rings. The van der Waals surface area contributed by atoms with E-state index in [4.69, 9.17) is 0 Å². The van der Waals surface area contributed by atoms with E-state index < -0.39 is 0 Å². The van der Waals surface area contributed by atoms with Gasteiger partial charge >= 0.3 is 0 Å². The number of aryl methyl sites for hydroxylation is 1. The van der Waals surface area contributed by atoms with Gasteiger partial charge in [0.1, 0.15) is 5.82 Å². The van der Waals surface area contributed by atoms with Crippen molar-refractivity contribution in [3.8, 4) is 11.4 Å². The van der Waals surface area contributed by atoms with Gasteiger partial charge in [-0.1, -0.05) is 42.5 Å². The first-order valence-corrected chi connectivity index (χ1v) is 9.22. The maximum absolute atomic E-state index is 12.1. The number of amides is 1. The van der Waals surface area contributed by atoms with E-state index in [2.05, 4.69) is 32.7 Å². The fraction of sp³-hybridized carbons (Fsp3) is 0.227. The molecule has 3 aromatic rings. The van der Waals surface area contributed by atoms with Gasteiger partial charge in [0.15, 0.2) is 5.82 Å². The second-order valence-corrected chi connectivity index (χ2v) is 6.89. The molecule has 1 saturated carbocycles. The molecule has 136 valence electrons. The highest BCUT2D eigenvalue weighted by atomic mass is 16.1. The minimum atomic E-state index is -0.0147. The van der Waals surface area contributed by atoms with Crippen molar-refractivity contribution in [1.82, 2.24) is 15.3 Å². The molecule has 5 heteroatoms. The Balaban J connectivity index is 1.49. The summed E-state index contributed by atoms with van der Waals surface area (Å²) >= 11 is 0. The van der Waals surface area contributed by atoms with Crippen LogP contribution in [0.15, 0.2) is 60.8 Å². The number of nitrogens with one attached hydrogen (secondary N) is 2. The molecule has 4 rings (SSSR count). The van der Waals surface area contributed by atoms with E-state index in [-0.39, 0.29) is 5.91 Å². The van der Waals surface area contributed by atoms with Crippen LogP contribution in [-0.4, -0.2) is 21.9 Å². The number of hydrogen-bond acceptors (Lipinski definition) is 4. The number of anilines is 1. The van der Waals surface area contributed by atoms with Crippen LogP contribution >= 0.6 is 0 Å². The quantitative estimate of drug-likeness (QED) is 0.700. The second kappa shape index (κ2) is 7.58. The topological polar surface area (TPSA) is 66.9 Å². The van der Waals surface area contributed by atoms with Gasteiger partial charge in [-0.05, 0) is 37.5 Å². The van der Waals surface area contributed by atoms with Crippen LogP contribution in [0.2, 0.25) is 0 Å². The molecule has 1 aliphatic carbocycles. The van der Waals surface area contributed by atoms with Crippen LogP contribution in [0, 0.1) is 6.92 Å². The van der Waals surface area contributed by atoms with E-state index in [1.807, 2.05) is 55.6 Å². The average molecular weight is 358 g/mol. The van der Waals surface area contributed by atoms with Crippen molar-refractivity contribution in [2.45, 2.75) is 32.4 Å². The molecule has 0 aliphatic heterocycles. The predicted octanol–water partition coefficient (Wildman–Crippen LogP) is 3.96. The Morgan fingerprint density at radius 2 is 1.81 bits per heavy atom. The molecule has 0 bridgehead atoms. The molecular formula is C22H22N4O. The maximum Gasteiger partial charge on any atom is 0.251 e. The van der Waals surface area contributed by atoms with E-state index in [0.29, 0.717) is 24.0 Å². The van der Waals surface area contributed by atoms with Crippen LogP contribution in [0.25, 0.3) is 11.4 Å². The number of nitrogens with zero attached hydrogens (tertiary/aromatic N) is 2. The fourth-order valence-electron chi connectivity index (χ4n) is 2.81. The van der Waals surface area contributed by atoms with E-state index in [0.717, 1.165) is 29.8 Å². The minimum absolute atomic E-state index is 0.0147. The number of aromatic nitrogens is 2. The van der Waals surface area contributed by atoms with Crippen LogP contribution in [0.4, 0.5) is 5.82 Å². The summed E-state index contributed by atoms with van der Waals surface area (Å²) in [5.74, 6) is 1.45. The monoisotopic (exact) mass is 358 g/mol. The Bertz CT molecular complexity index is 934. The molecule has 5 nitrogen and oxygen atoms in total. The van der Waals surface area contributed by atoms with Gasteiger partial charge in [0, 0.05) is 35.5 Å². The number of rotatable bonds is 6. The summed E-state index contributed by atoms with van der Waals surface area (Å²) in [6.07, 6.45) is 3.99. The van der Waals surface area contributed by atoms with Gasteiger partial charge < -0.3 is 10.6 Å². The van der Waals surface area contributed by atoms with Crippen LogP contribution in [0.5, 0.6) is 0 Å². The summed E-state index contributed by atoms with van der Waals surface area (Å²) in [6.45, 7) is 2.70. The lowest BCUT2D eigenvalue weighted by Crippen LogP contribution is -2.25. The molecular weight excluding hydrogens is 336 g/mol. The molecule has 0 spiro atoms. The first-order valence-electron chi connectivity index (χ1n) is 9.22. The number of benzene rings is 2. The molecule has 1 aliphatic rings. The molecule has 0 saturated heterocycles. The second-order valence-electron chi connectivity index (χ2n) is 6.89. The van der Waals surface area contributed by atoms with Crippen LogP contribution in [0.1, 0.15) is 34.3 Å². The highest BCUT2D eigenvalue weighted by molar-refractivity contribution is 5.95. The third-order valence-electron chi connectivity index (χ3n) is 4.59. The predicted molar refractivity (Wildman–Crippen MR) is 106 cm³/mol. The Labute approximate surface area is 158 Å². The number of carbonyl (C=O) groups excluding carboxylic acids is 1. The largest absolute Gasteiger partial charge is 0.366 e. The SMILES string of the molecule is Cc1cnc(-c2ccc(C(=O)NC3CC3)cc2)nc1NCc1ccccc1. The van der Waals surface area contributed by atoms with Crippen molar-refractivity contribution >= 4 is 11.7 Å². The lowest BCUT2D eigenvalue weighted by atomic mass is 10.1. The summed E-state index contributed by atoms with van der Waals surface area (Å²) < 4.78 is 0. The average Bonchev–Trinajstić information content (AvgIpc) is 3.52. The Hall–Kier alpha value is -3.21. The van der Waals surface area contributed by atoms with Gasteiger partial charge in [-0.2, -0.15) is 0 Å². The smallest absolute Gasteiger partial charge is 0.251 e.